The maximum Gasteiger partial charge on any atom is 0.342 e. The van der Waals surface area contributed by atoms with Gasteiger partial charge < -0.3 is 4.74 Å². The molecule has 0 bridgehead atoms. The van der Waals surface area contributed by atoms with Gasteiger partial charge in [-0.15, -0.1) is 0 Å². The van der Waals surface area contributed by atoms with E-state index in [9.17, 15) is 13.2 Å². The minimum absolute atomic E-state index is 0.0825. The van der Waals surface area contributed by atoms with E-state index in [0.29, 0.717) is 24.3 Å². The second-order valence-electron chi connectivity index (χ2n) is 12.3. The molecule has 1 aliphatic rings. The van der Waals surface area contributed by atoms with E-state index in [2.05, 4.69) is 25.5 Å². The van der Waals surface area contributed by atoms with Crippen molar-refractivity contribution < 1.29 is 17.9 Å². The summed E-state index contributed by atoms with van der Waals surface area (Å²) in [5.74, 6) is 0.132. The number of hydrogen-bond donors (Lipinski definition) is 1. The van der Waals surface area contributed by atoms with Crippen LogP contribution in [0.4, 0.5) is 0 Å². The Balaban J connectivity index is 1.71. The van der Waals surface area contributed by atoms with E-state index < -0.39 is 27.6 Å². The molecule has 0 aliphatic carbocycles. The van der Waals surface area contributed by atoms with Gasteiger partial charge in [0.05, 0.1) is 10.9 Å². The average Bonchev–Trinajstić information content (AvgIpc) is 3.29. The molecule has 0 fully saturated rings. The molecule has 6 nitrogen and oxygen atoms in total. The van der Waals surface area contributed by atoms with Crippen LogP contribution in [0.25, 0.3) is 10.8 Å². The lowest BCUT2D eigenvalue weighted by atomic mass is 9.81. The predicted molar refractivity (Wildman–Crippen MR) is 171 cm³/mol. The van der Waals surface area contributed by atoms with Gasteiger partial charge in [-0.05, 0) is 65.3 Å². The summed E-state index contributed by atoms with van der Waals surface area (Å²) in [7, 11) is -3.93. The predicted octanol–water partition coefficient (Wildman–Crippen LogP) is 8.15. The Morgan fingerprint density at radius 1 is 0.857 bits per heavy atom. The number of cyclic esters (lactones) is 1. The summed E-state index contributed by atoms with van der Waals surface area (Å²) in [5.41, 5.74) is 0.416. The van der Waals surface area contributed by atoms with Crippen LogP contribution in [-0.2, 0) is 19.6 Å². The topological polar surface area (TPSA) is 84.8 Å². The lowest BCUT2D eigenvalue weighted by Gasteiger charge is -2.33. The number of unbranched alkanes of at least 4 members (excludes halogenated alkanes) is 5. The van der Waals surface area contributed by atoms with E-state index in [1.807, 2.05) is 68.4 Å². The number of esters is 1. The Kier molecular flexibility index (Phi) is 10.6. The van der Waals surface area contributed by atoms with E-state index in [1.165, 1.54) is 6.42 Å². The number of nitrogens with one attached hydrogen (secondary N) is 1. The third-order valence-corrected chi connectivity index (χ3v) is 9.62. The summed E-state index contributed by atoms with van der Waals surface area (Å²) in [4.78, 5) is 19.0. The minimum Gasteiger partial charge on any atom is -0.405 e. The zero-order chi connectivity index (χ0) is 30.3. The van der Waals surface area contributed by atoms with Gasteiger partial charge in [0.15, 0.2) is 5.54 Å². The number of carbonyl (C=O) groups excluding carboxylic acids is 1. The third-order valence-electron chi connectivity index (χ3n) is 8.14. The van der Waals surface area contributed by atoms with Crippen LogP contribution in [0.3, 0.4) is 0 Å². The Hall–Kier alpha value is -3.03. The molecule has 3 aromatic rings. The van der Waals surface area contributed by atoms with Gasteiger partial charge in [0.2, 0.25) is 15.9 Å². The van der Waals surface area contributed by atoms with Gasteiger partial charge in [-0.3, -0.25) is 0 Å². The monoisotopic (exact) mass is 590 g/mol. The minimum atomic E-state index is -3.93. The first kappa shape index (κ1) is 31.9. The molecule has 42 heavy (non-hydrogen) atoms. The first-order chi connectivity index (χ1) is 20.1. The standard InChI is InChI=1S/C35H46N2O4S/c1-6-7-8-9-10-11-16-32(37-42(39,40)31-21-19-27(20-22-31)26(4)5)35(24-25(2)3)34(38)41-33(36-35)30-18-17-28-14-12-13-15-29(28)23-30/h12-15,17-23,25-26,32,37H,6-11,16,24H2,1-5H3/t32-,35-/m0/s1. The Labute approximate surface area is 252 Å². The van der Waals surface area contributed by atoms with Crippen molar-refractivity contribution in [2.75, 3.05) is 0 Å². The number of carbonyl (C=O) groups is 1. The summed E-state index contributed by atoms with van der Waals surface area (Å²) in [5, 5.41) is 2.10. The molecule has 3 aromatic carbocycles. The molecule has 226 valence electrons. The SMILES string of the molecule is CCCCCCCC[C@H](NS(=O)(=O)c1ccc(C(C)C)cc1)[C@]1(CC(C)C)N=C(c2ccc3ccccc3c2)OC1=O. The normalized spacial score (nSPS) is 18.1. The van der Waals surface area contributed by atoms with Gasteiger partial charge in [0.1, 0.15) is 0 Å². The van der Waals surface area contributed by atoms with Crippen molar-refractivity contribution >= 4 is 32.7 Å². The lowest BCUT2D eigenvalue weighted by molar-refractivity contribution is -0.140. The van der Waals surface area contributed by atoms with Crippen LogP contribution in [0.1, 0.15) is 103 Å². The summed E-state index contributed by atoms with van der Waals surface area (Å²) >= 11 is 0. The highest BCUT2D eigenvalue weighted by Crippen LogP contribution is 2.36. The molecular formula is C35H46N2O4S. The Bertz CT molecular complexity index is 1490. The van der Waals surface area contributed by atoms with Crippen LogP contribution in [0.2, 0.25) is 0 Å². The zero-order valence-electron chi connectivity index (χ0n) is 25.7. The van der Waals surface area contributed by atoms with Crippen molar-refractivity contribution in [3.63, 3.8) is 0 Å². The zero-order valence-corrected chi connectivity index (χ0v) is 26.5. The highest BCUT2D eigenvalue weighted by Gasteiger charge is 2.53. The Morgan fingerprint density at radius 3 is 2.19 bits per heavy atom. The number of rotatable bonds is 15. The third kappa shape index (κ3) is 7.48. The van der Waals surface area contributed by atoms with E-state index in [1.54, 1.807) is 12.1 Å². The number of ether oxygens (including phenoxy) is 1. The summed E-state index contributed by atoms with van der Waals surface area (Å²) in [6.45, 7) is 10.4. The molecule has 7 heteroatoms. The highest BCUT2D eigenvalue weighted by atomic mass is 32.2. The maximum absolute atomic E-state index is 13.9. The Morgan fingerprint density at radius 2 is 1.52 bits per heavy atom. The molecule has 0 amide bonds. The average molecular weight is 591 g/mol. The molecule has 0 radical (unpaired) electrons. The highest BCUT2D eigenvalue weighted by molar-refractivity contribution is 7.89. The van der Waals surface area contributed by atoms with E-state index in [0.717, 1.165) is 48.4 Å². The van der Waals surface area contributed by atoms with Crippen LogP contribution in [-0.4, -0.2) is 31.9 Å². The van der Waals surface area contributed by atoms with E-state index in [-0.39, 0.29) is 16.7 Å². The number of fused-ring (bicyclic) bond motifs is 1. The fraction of sp³-hybridized carbons (Fsp3) is 0.486. The summed E-state index contributed by atoms with van der Waals surface area (Å²) in [6, 6.07) is 20.1. The molecule has 1 N–H and O–H groups in total. The number of benzene rings is 3. The molecule has 0 saturated heterocycles. The van der Waals surface area contributed by atoms with Crippen LogP contribution in [0, 0.1) is 5.92 Å². The molecule has 1 heterocycles. The van der Waals surface area contributed by atoms with Crippen molar-refractivity contribution in [2.24, 2.45) is 10.9 Å². The van der Waals surface area contributed by atoms with Crippen molar-refractivity contribution in [1.29, 1.82) is 0 Å². The summed E-state index contributed by atoms with van der Waals surface area (Å²) in [6.07, 6.45) is 7.20. The number of hydrogen-bond acceptors (Lipinski definition) is 5. The van der Waals surface area contributed by atoms with Crippen LogP contribution in [0.5, 0.6) is 0 Å². The van der Waals surface area contributed by atoms with Crippen molar-refractivity contribution in [1.82, 2.24) is 4.72 Å². The van der Waals surface area contributed by atoms with Crippen molar-refractivity contribution in [2.45, 2.75) is 108 Å². The fourth-order valence-corrected chi connectivity index (χ4v) is 7.11. The smallest absolute Gasteiger partial charge is 0.342 e. The quantitative estimate of drug-likeness (QED) is 0.143. The van der Waals surface area contributed by atoms with Crippen LogP contribution in [0.15, 0.2) is 76.6 Å². The largest absolute Gasteiger partial charge is 0.405 e. The number of aliphatic imine (C=N–C) groups is 1. The number of nitrogens with zero attached hydrogens (tertiary/aromatic N) is 1. The molecule has 0 saturated carbocycles. The molecule has 0 unspecified atom stereocenters. The van der Waals surface area contributed by atoms with E-state index in [4.69, 9.17) is 9.73 Å². The second-order valence-corrected chi connectivity index (χ2v) is 14.1. The van der Waals surface area contributed by atoms with Gasteiger partial charge in [-0.2, -0.15) is 0 Å². The molecule has 2 atom stereocenters. The lowest BCUT2D eigenvalue weighted by Crippen LogP contribution is -2.55. The van der Waals surface area contributed by atoms with Crippen LogP contribution >= 0.6 is 0 Å². The second kappa shape index (κ2) is 14.0. The molecule has 0 spiro atoms. The van der Waals surface area contributed by atoms with Gasteiger partial charge in [0.25, 0.3) is 0 Å². The van der Waals surface area contributed by atoms with Gasteiger partial charge >= 0.3 is 5.97 Å². The van der Waals surface area contributed by atoms with Gasteiger partial charge in [-0.1, -0.05) is 116 Å². The molecule has 4 rings (SSSR count). The van der Waals surface area contributed by atoms with Crippen LogP contribution < -0.4 is 4.72 Å². The van der Waals surface area contributed by atoms with E-state index >= 15 is 0 Å². The molecule has 0 aromatic heterocycles. The maximum atomic E-state index is 13.9. The molecular weight excluding hydrogens is 544 g/mol. The first-order valence-corrected chi connectivity index (χ1v) is 17.0. The fourth-order valence-electron chi connectivity index (χ4n) is 5.80. The first-order valence-electron chi connectivity index (χ1n) is 15.5. The summed E-state index contributed by atoms with van der Waals surface area (Å²) < 4.78 is 36.4. The van der Waals surface area contributed by atoms with Gasteiger partial charge in [0, 0.05) is 5.56 Å². The van der Waals surface area contributed by atoms with Gasteiger partial charge in [-0.25, -0.2) is 22.9 Å². The number of sulfonamides is 1. The van der Waals surface area contributed by atoms with Crippen molar-refractivity contribution in [3.8, 4) is 0 Å². The molecule has 1 aliphatic heterocycles. The van der Waals surface area contributed by atoms with Crippen molar-refractivity contribution in [3.05, 3.63) is 77.9 Å².